The maximum Gasteiger partial charge on any atom is -0.0234 e. The van der Waals surface area contributed by atoms with E-state index >= 15 is 0 Å². The summed E-state index contributed by atoms with van der Waals surface area (Å²) in [5.74, 6) is 1.51. The van der Waals surface area contributed by atoms with Gasteiger partial charge in [0.25, 0.3) is 0 Å². The van der Waals surface area contributed by atoms with Crippen molar-refractivity contribution < 1.29 is 0 Å². The van der Waals surface area contributed by atoms with Gasteiger partial charge in [-0.25, -0.2) is 0 Å². The Hall–Kier alpha value is -0.260. The summed E-state index contributed by atoms with van der Waals surface area (Å²) in [5.41, 5.74) is 1.82. The molecule has 0 aliphatic carbocycles. The molecular weight excluding hydrogens is 168 g/mol. The molecule has 0 nitrogen and oxygen atoms in total. The third-order valence-corrected chi connectivity index (χ3v) is 2.63. The van der Waals surface area contributed by atoms with Crippen molar-refractivity contribution in [3.63, 3.8) is 0 Å². The van der Waals surface area contributed by atoms with E-state index in [0.29, 0.717) is 11.3 Å². The minimum absolute atomic E-state index is 0.392. The molecule has 84 valence electrons. The topological polar surface area (TPSA) is 0 Å². The second-order valence-electron chi connectivity index (χ2n) is 6.27. The summed E-state index contributed by atoms with van der Waals surface area (Å²) in [6, 6.07) is 0. The fraction of sp³-hybridized carbons (Fsp3) is 0.857. The SMILES string of the molecule is C=C(CC(C)(C)C)C(C)CCC(C)C. The highest BCUT2D eigenvalue weighted by molar-refractivity contribution is 5.01. The van der Waals surface area contributed by atoms with Gasteiger partial charge in [-0.15, -0.1) is 0 Å². The van der Waals surface area contributed by atoms with Gasteiger partial charge in [-0.05, 0) is 30.1 Å². The molecule has 0 aliphatic heterocycles. The highest BCUT2D eigenvalue weighted by Crippen LogP contribution is 2.29. The van der Waals surface area contributed by atoms with Crippen molar-refractivity contribution in [1.82, 2.24) is 0 Å². The van der Waals surface area contributed by atoms with Crippen LogP contribution in [0.15, 0.2) is 12.2 Å². The second-order valence-corrected chi connectivity index (χ2v) is 6.27. The summed E-state index contributed by atoms with van der Waals surface area (Å²) in [4.78, 5) is 0. The molecule has 0 aliphatic rings. The molecule has 1 unspecified atom stereocenters. The number of hydrogen-bond acceptors (Lipinski definition) is 0. The highest BCUT2D eigenvalue weighted by atomic mass is 14.2. The summed E-state index contributed by atoms with van der Waals surface area (Å²) in [6.07, 6.45) is 3.78. The van der Waals surface area contributed by atoms with E-state index in [0.717, 1.165) is 12.3 Å². The van der Waals surface area contributed by atoms with Crippen LogP contribution < -0.4 is 0 Å². The van der Waals surface area contributed by atoms with Crippen molar-refractivity contribution in [2.24, 2.45) is 17.3 Å². The zero-order valence-corrected chi connectivity index (χ0v) is 11.0. The van der Waals surface area contributed by atoms with Gasteiger partial charge in [-0.2, -0.15) is 0 Å². The average molecular weight is 196 g/mol. The largest absolute Gasteiger partial charge is 0.0996 e. The van der Waals surface area contributed by atoms with Crippen molar-refractivity contribution in [1.29, 1.82) is 0 Å². The molecule has 0 heteroatoms. The maximum atomic E-state index is 4.22. The van der Waals surface area contributed by atoms with E-state index in [9.17, 15) is 0 Å². The molecule has 14 heavy (non-hydrogen) atoms. The van der Waals surface area contributed by atoms with E-state index in [4.69, 9.17) is 0 Å². The first-order chi connectivity index (χ1) is 6.22. The second kappa shape index (κ2) is 5.58. The summed E-state index contributed by atoms with van der Waals surface area (Å²) >= 11 is 0. The van der Waals surface area contributed by atoms with Crippen molar-refractivity contribution in [2.45, 2.75) is 60.8 Å². The molecule has 0 fully saturated rings. The molecule has 0 radical (unpaired) electrons. The van der Waals surface area contributed by atoms with E-state index in [1.165, 1.54) is 18.4 Å². The number of rotatable bonds is 5. The van der Waals surface area contributed by atoms with Crippen LogP contribution in [0, 0.1) is 17.3 Å². The normalized spacial score (nSPS) is 14.5. The fourth-order valence-electron chi connectivity index (χ4n) is 1.64. The van der Waals surface area contributed by atoms with Gasteiger partial charge >= 0.3 is 0 Å². The summed E-state index contributed by atoms with van der Waals surface area (Å²) in [6.45, 7) is 18.0. The van der Waals surface area contributed by atoms with E-state index < -0.39 is 0 Å². The molecule has 0 aromatic rings. The van der Waals surface area contributed by atoms with Gasteiger partial charge < -0.3 is 0 Å². The van der Waals surface area contributed by atoms with Crippen molar-refractivity contribution >= 4 is 0 Å². The fourth-order valence-corrected chi connectivity index (χ4v) is 1.64. The Bertz CT molecular complexity index is 169. The highest BCUT2D eigenvalue weighted by Gasteiger charge is 2.15. The van der Waals surface area contributed by atoms with Crippen molar-refractivity contribution in [3.05, 3.63) is 12.2 Å². The number of allylic oxidation sites excluding steroid dienone is 1. The minimum Gasteiger partial charge on any atom is -0.0996 e. The van der Waals surface area contributed by atoms with Crippen LogP contribution in [0.1, 0.15) is 60.8 Å². The van der Waals surface area contributed by atoms with Crippen LogP contribution in [0.2, 0.25) is 0 Å². The predicted molar refractivity (Wildman–Crippen MR) is 66.4 cm³/mol. The zero-order chi connectivity index (χ0) is 11.4. The first kappa shape index (κ1) is 13.7. The Kier molecular flexibility index (Phi) is 5.48. The molecule has 0 heterocycles. The van der Waals surface area contributed by atoms with Crippen LogP contribution in [-0.4, -0.2) is 0 Å². The van der Waals surface area contributed by atoms with E-state index in [2.05, 4.69) is 48.1 Å². The van der Waals surface area contributed by atoms with E-state index in [-0.39, 0.29) is 0 Å². The Labute approximate surface area is 90.8 Å². The molecule has 1 atom stereocenters. The quantitative estimate of drug-likeness (QED) is 0.540. The molecule has 0 bridgehead atoms. The molecule has 0 saturated carbocycles. The summed E-state index contributed by atoms with van der Waals surface area (Å²) in [5, 5.41) is 0. The lowest BCUT2D eigenvalue weighted by Crippen LogP contribution is -2.10. The van der Waals surface area contributed by atoms with E-state index in [1.807, 2.05) is 0 Å². The van der Waals surface area contributed by atoms with Gasteiger partial charge in [-0.3, -0.25) is 0 Å². The molecule has 0 N–H and O–H groups in total. The van der Waals surface area contributed by atoms with Crippen LogP contribution in [0.25, 0.3) is 0 Å². The molecule has 0 aromatic carbocycles. The Morgan fingerprint density at radius 1 is 1.07 bits per heavy atom. The first-order valence-electron chi connectivity index (χ1n) is 5.90. The Balaban J connectivity index is 3.88. The van der Waals surface area contributed by atoms with Crippen LogP contribution >= 0.6 is 0 Å². The maximum absolute atomic E-state index is 4.22. The average Bonchev–Trinajstić information content (AvgIpc) is 1.96. The lowest BCUT2D eigenvalue weighted by molar-refractivity contribution is 0.380. The monoisotopic (exact) mass is 196 g/mol. The molecule has 0 saturated heterocycles. The first-order valence-corrected chi connectivity index (χ1v) is 5.90. The molecule has 0 aromatic heterocycles. The number of hydrogen-bond donors (Lipinski definition) is 0. The summed E-state index contributed by atoms with van der Waals surface area (Å²) in [7, 11) is 0. The summed E-state index contributed by atoms with van der Waals surface area (Å²) < 4.78 is 0. The Morgan fingerprint density at radius 3 is 1.93 bits per heavy atom. The van der Waals surface area contributed by atoms with Gasteiger partial charge in [0.15, 0.2) is 0 Å². The van der Waals surface area contributed by atoms with Gasteiger partial charge in [0.2, 0.25) is 0 Å². The standard InChI is InChI=1S/C14H28/c1-11(2)8-9-12(3)13(4)10-14(5,6)7/h11-12H,4,8-10H2,1-3,5-7H3. The zero-order valence-electron chi connectivity index (χ0n) is 11.0. The van der Waals surface area contributed by atoms with Gasteiger partial charge in [-0.1, -0.05) is 60.1 Å². The van der Waals surface area contributed by atoms with Gasteiger partial charge in [0, 0.05) is 0 Å². The predicted octanol–water partition coefficient (Wildman–Crippen LogP) is 5.05. The molecule has 0 rings (SSSR count). The smallest absolute Gasteiger partial charge is 0.0234 e. The van der Waals surface area contributed by atoms with E-state index in [1.54, 1.807) is 0 Å². The third-order valence-electron chi connectivity index (χ3n) is 2.63. The Morgan fingerprint density at radius 2 is 1.57 bits per heavy atom. The lowest BCUT2D eigenvalue weighted by atomic mass is 9.82. The lowest BCUT2D eigenvalue weighted by Gasteiger charge is -2.24. The van der Waals surface area contributed by atoms with Gasteiger partial charge in [0.05, 0.1) is 0 Å². The van der Waals surface area contributed by atoms with Crippen LogP contribution in [0.4, 0.5) is 0 Å². The molecule has 0 spiro atoms. The minimum atomic E-state index is 0.392. The van der Waals surface area contributed by atoms with Crippen LogP contribution in [0.3, 0.4) is 0 Å². The molecule has 0 amide bonds. The third kappa shape index (κ3) is 7.17. The van der Waals surface area contributed by atoms with Gasteiger partial charge in [0.1, 0.15) is 0 Å². The van der Waals surface area contributed by atoms with Crippen molar-refractivity contribution in [2.75, 3.05) is 0 Å². The van der Waals surface area contributed by atoms with Crippen LogP contribution in [0.5, 0.6) is 0 Å². The van der Waals surface area contributed by atoms with Crippen molar-refractivity contribution in [3.8, 4) is 0 Å². The van der Waals surface area contributed by atoms with Crippen LogP contribution in [-0.2, 0) is 0 Å². The molecular formula is C14H28.